The highest BCUT2D eigenvalue weighted by molar-refractivity contribution is 6.74. The maximum atomic E-state index is 13.7. The van der Waals surface area contributed by atoms with Crippen molar-refractivity contribution < 1.29 is 23.8 Å². The summed E-state index contributed by atoms with van der Waals surface area (Å²) in [5.74, 6) is -0.772. The summed E-state index contributed by atoms with van der Waals surface area (Å²) < 4.78 is 20.5. The molecule has 0 spiro atoms. The Kier molecular flexibility index (Phi) is 7.49. The van der Waals surface area contributed by atoms with Gasteiger partial charge in [0.15, 0.2) is 8.32 Å². The third kappa shape index (κ3) is 5.58. The average molecular weight is 522 g/mol. The van der Waals surface area contributed by atoms with Gasteiger partial charge in [-0.1, -0.05) is 51.1 Å². The second kappa shape index (κ2) is 10.3. The molecule has 1 aliphatic heterocycles. The number of anilines is 1. The van der Waals surface area contributed by atoms with E-state index in [0.717, 1.165) is 11.3 Å². The minimum Gasteiger partial charge on any atom is -0.508 e. The first kappa shape index (κ1) is 26.9. The Morgan fingerprint density at radius 3 is 2.24 bits per heavy atom. The van der Waals surface area contributed by atoms with Crippen molar-refractivity contribution in [1.29, 1.82) is 0 Å². The molecule has 0 aromatic heterocycles. The zero-order valence-electron chi connectivity index (χ0n) is 22.1. The number of amides is 1. The summed E-state index contributed by atoms with van der Waals surface area (Å²) >= 11 is 0. The molecular weight excluding hydrogens is 485 g/mol. The number of hydrogen-bond acceptors (Lipinski definition) is 4. The molecule has 0 aliphatic carbocycles. The lowest BCUT2D eigenvalue weighted by atomic mass is 9.78. The van der Waals surface area contributed by atoms with Crippen LogP contribution in [0.3, 0.4) is 0 Å². The number of phenols is 2. The summed E-state index contributed by atoms with van der Waals surface area (Å²) in [7, 11) is -2.16. The van der Waals surface area contributed by atoms with E-state index in [4.69, 9.17) is 4.43 Å². The van der Waals surface area contributed by atoms with Crippen molar-refractivity contribution in [1.82, 2.24) is 0 Å². The first-order chi connectivity index (χ1) is 17.4. The number of phenolic OH excluding ortho intramolecular Hbond substituents is 2. The summed E-state index contributed by atoms with van der Waals surface area (Å²) in [6.45, 7) is 10.9. The highest BCUT2D eigenvalue weighted by atomic mass is 28.4. The SMILES string of the molecule is CC(C)(C)[Si](C)(C)O[C@@H](CC[C@H]1C(=O)N(c2ccccc2)[C@@H]1c1ccc(O)cc1O)c1ccc(F)cc1. The van der Waals surface area contributed by atoms with Gasteiger partial charge in [0.05, 0.1) is 18.1 Å². The zero-order valence-corrected chi connectivity index (χ0v) is 23.1. The van der Waals surface area contributed by atoms with Crippen LogP contribution in [0, 0.1) is 11.7 Å². The summed E-state index contributed by atoms with van der Waals surface area (Å²) in [6.07, 6.45) is 0.824. The molecule has 0 unspecified atom stereocenters. The van der Waals surface area contributed by atoms with Crippen LogP contribution < -0.4 is 4.90 Å². The van der Waals surface area contributed by atoms with Crippen molar-refractivity contribution in [2.45, 2.75) is 63.9 Å². The highest BCUT2D eigenvalue weighted by Crippen LogP contribution is 2.49. The molecule has 7 heteroatoms. The van der Waals surface area contributed by atoms with E-state index in [9.17, 15) is 19.4 Å². The maximum absolute atomic E-state index is 13.7. The van der Waals surface area contributed by atoms with E-state index in [1.165, 1.54) is 24.3 Å². The topological polar surface area (TPSA) is 70.0 Å². The molecule has 1 fully saturated rings. The van der Waals surface area contributed by atoms with Crippen molar-refractivity contribution in [3.8, 4) is 11.5 Å². The molecule has 1 heterocycles. The molecule has 1 amide bonds. The van der Waals surface area contributed by atoms with E-state index < -0.39 is 8.32 Å². The molecule has 0 radical (unpaired) electrons. The van der Waals surface area contributed by atoms with Gasteiger partial charge < -0.3 is 19.5 Å². The minimum absolute atomic E-state index is 0.0119. The Bertz CT molecular complexity index is 1240. The normalized spacial score (nSPS) is 19.0. The van der Waals surface area contributed by atoms with Gasteiger partial charge in [-0.3, -0.25) is 4.79 Å². The third-order valence-corrected chi connectivity index (χ3v) is 12.3. The zero-order chi connectivity index (χ0) is 27.0. The fourth-order valence-electron chi connectivity index (χ4n) is 4.68. The van der Waals surface area contributed by atoms with Gasteiger partial charge >= 0.3 is 0 Å². The van der Waals surface area contributed by atoms with E-state index in [1.807, 2.05) is 30.3 Å². The van der Waals surface area contributed by atoms with Gasteiger partial charge in [-0.2, -0.15) is 0 Å². The number of rotatable bonds is 8. The summed E-state index contributed by atoms with van der Waals surface area (Å²) in [4.78, 5) is 15.2. The number of carbonyl (C=O) groups is 1. The number of aromatic hydroxyl groups is 2. The van der Waals surface area contributed by atoms with Crippen LogP contribution in [0.2, 0.25) is 18.1 Å². The van der Waals surface area contributed by atoms with Crippen LogP contribution in [0.25, 0.3) is 0 Å². The third-order valence-electron chi connectivity index (χ3n) is 7.81. The second-order valence-electron chi connectivity index (χ2n) is 11.3. The van der Waals surface area contributed by atoms with E-state index in [0.29, 0.717) is 18.4 Å². The molecule has 3 atom stereocenters. The number of benzene rings is 3. The molecule has 3 aromatic carbocycles. The number of hydrogen-bond donors (Lipinski definition) is 2. The fourth-order valence-corrected chi connectivity index (χ4v) is 6.00. The summed E-state index contributed by atoms with van der Waals surface area (Å²) in [6, 6.07) is 19.9. The van der Waals surface area contributed by atoms with E-state index in [1.54, 1.807) is 23.1 Å². The monoisotopic (exact) mass is 521 g/mol. The number of carbonyl (C=O) groups excluding carboxylic acids is 1. The molecule has 4 rings (SSSR count). The Labute approximate surface area is 219 Å². The molecular formula is C30H36FNO4Si. The predicted molar refractivity (Wildman–Crippen MR) is 147 cm³/mol. The van der Waals surface area contributed by atoms with Gasteiger partial charge in [-0.15, -0.1) is 0 Å². The molecule has 37 heavy (non-hydrogen) atoms. The van der Waals surface area contributed by atoms with E-state index in [2.05, 4.69) is 33.9 Å². The maximum Gasteiger partial charge on any atom is 0.233 e. The van der Waals surface area contributed by atoms with Crippen molar-refractivity contribution >= 4 is 19.9 Å². The molecule has 0 bridgehead atoms. The van der Waals surface area contributed by atoms with Gasteiger partial charge in [0.25, 0.3) is 0 Å². The fraction of sp³-hybridized carbons (Fsp3) is 0.367. The van der Waals surface area contributed by atoms with Gasteiger partial charge in [-0.05, 0) is 72.9 Å². The molecule has 3 aromatic rings. The largest absolute Gasteiger partial charge is 0.508 e. The van der Waals surface area contributed by atoms with Gasteiger partial charge in [-0.25, -0.2) is 4.39 Å². The van der Waals surface area contributed by atoms with Crippen LogP contribution >= 0.6 is 0 Å². The Morgan fingerprint density at radius 2 is 1.65 bits per heavy atom. The standard InChI is InChI=1S/C30H36FNO4Si/c1-30(2,3)37(4,5)36-27(20-11-13-21(31)14-12-20)18-17-25-28(24-16-15-23(33)19-26(24)34)32(29(25)35)22-9-7-6-8-10-22/h6-16,19,25,27-28,33-34H,17-18H2,1-5H3/t25-,27+,28-/m1/s1. The Balaban J connectivity index is 1.63. The van der Waals surface area contributed by atoms with Crippen molar-refractivity contribution in [3.05, 3.63) is 89.7 Å². The van der Waals surface area contributed by atoms with Gasteiger partial charge in [0, 0.05) is 17.3 Å². The molecule has 5 nitrogen and oxygen atoms in total. The van der Waals surface area contributed by atoms with Gasteiger partial charge in [0.2, 0.25) is 5.91 Å². The Morgan fingerprint density at radius 1 is 1.00 bits per heavy atom. The minimum atomic E-state index is -2.16. The van der Waals surface area contributed by atoms with Crippen LogP contribution in [0.4, 0.5) is 10.1 Å². The number of para-hydroxylation sites is 1. The van der Waals surface area contributed by atoms with Crippen molar-refractivity contribution in [2.75, 3.05) is 4.90 Å². The molecule has 1 aliphatic rings. The second-order valence-corrected chi connectivity index (χ2v) is 16.1. The number of β-lactam (4-membered cyclic amide) rings is 1. The van der Waals surface area contributed by atoms with Crippen LogP contribution in [0.5, 0.6) is 11.5 Å². The molecule has 2 N–H and O–H groups in total. The van der Waals surface area contributed by atoms with Crippen molar-refractivity contribution in [2.24, 2.45) is 5.92 Å². The summed E-state index contributed by atoms with van der Waals surface area (Å²) in [5, 5.41) is 20.5. The predicted octanol–water partition coefficient (Wildman–Crippen LogP) is 7.48. The number of halogens is 1. The van der Waals surface area contributed by atoms with Crippen LogP contribution in [-0.2, 0) is 9.22 Å². The average Bonchev–Trinajstić information content (AvgIpc) is 2.83. The first-order valence-electron chi connectivity index (χ1n) is 12.7. The lowest BCUT2D eigenvalue weighted by Gasteiger charge is -2.48. The quantitative estimate of drug-likeness (QED) is 0.238. The molecule has 196 valence electrons. The number of nitrogens with zero attached hydrogens (tertiary/aromatic N) is 1. The molecule has 0 saturated carbocycles. The first-order valence-corrected chi connectivity index (χ1v) is 15.6. The lowest BCUT2D eigenvalue weighted by Crippen LogP contribution is -2.55. The van der Waals surface area contributed by atoms with Crippen LogP contribution in [-0.4, -0.2) is 24.4 Å². The smallest absolute Gasteiger partial charge is 0.233 e. The van der Waals surface area contributed by atoms with E-state index in [-0.39, 0.29) is 46.3 Å². The summed E-state index contributed by atoms with van der Waals surface area (Å²) in [5.41, 5.74) is 2.24. The van der Waals surface area contributed by atoms with E-state index >= 15 is 0 Å². The van der Waals surface area contributed by atoms with Crippen molar-refractivity contribution in [3.63, 3.8) is 0 Å². The highest BCUT2D eigenvalue weighted by Gasteiger charge is 2.50. The van der Waals surface area contributed by atoms with Crippen LogP contribution in [0.1, 0.15) is 56.9 Å². The lowest BCUT2D eigenvalue weighted by molar-refractivity contribution is -0.131. The van der Waals surface area contributed by atoms with Crippen LogP contribution in [0.15, 0.2) is 72.8 Å². The Hall–Kier alpha value is -3.16. The molecule has 1 saturated heterocycles. The van der Waals surface area contributed by atoms with Gasteiger partial charge in [0.1, 0.15) is 17.3 Å².